The van der Waals surface area contributed by atoms with Crippen LogP contribution in [-0.2, 0) is 10.0 Å². The molecular weight excluding hydrogens is 396 g/mol. The van der Waals surface area contributed by atoms with Crippen LogP contribution in [0.5, 0.6) is 0 Å². The fourth-order valence-corrected chi connectivity index (χ4v) is 3.82. The lowest BCUT2D eigenvalue weighted by Gasteiger charge is -2.13. The molecule has 0 atom stereocenters. The van der Waals surface area contributed by atoms with Gasteiger partial charge in [0.15, 0.2) is 0 Å². The maximum Gasteiger partial charge on any atom is 0.261 e. The number of hydrogen-bond donors (Lipinski definition) is 2. The molecule has 0 radical (unpaired) electrons. The zero-order valence-corrected chi connectivity index (χ0v) is 16.9. The van der Waals surface area contributed by atoms with Crippen LogP contribution in [0.15, 0.2) is 71.6 Å². The van der Waals surface area contributed by atoms with E-state index in [4.69, 9.17) is 11.6 Å². The van der Waals surface area contributed by atoms with Crippen LogP contribution >= 0.6 is 11.6 Å². The average molecular weight is 415 g/mol. The number of benzene rings is 3. The monoisotopic (exact) mass is 414 g/mol. The number of nitrogens with one attached hydrogen (secondary N) is 2. The van der Waals surface area contributed by atoms with E-state index in [-0.39, 0.29) is 16.1 Å². The molecule has 0 aliphatic heterocycles. The molecule has 28 heavy (non-hydrogen) atoms. The number of sulfonamides is 1. The molecule has 2 N–H and O–H groups in total. The Morgan fingerprint density at radius 3 is 2.29 bits per heavy atom. The molecule has 3 aromatic carbocycles. The van der Waals surface area contributed by atoms with Crippen molar-refractivity contribution in [3.05, 3.63) is 88.4 Å². The number of carbonyl (C=O) groups excluding carboxylic acids is 1. The maximum atomic E-state index is 12.7. The summed E-state index contributed by atoms with van der Waals surface area (Å²) in [5, 5.41) is 3.27. The second-order valence-electron chi connectivity index (χ2n) is 6.38. The molecule has 0 fully saturated rings. The minimum Gasteiger partial charge on any atom is -0.322 e. The largest absolute Gasteiger partial charge is 0.322 e. The number of halogens is 1. The summed E-state index contributed by atoms with van der Waals surface area (Å²) in [6, 6.07) is 18.1. The summed E-state index contributed by atoms with van der Waals surface area (Å²) in [6.07, 6.45) is 0. The zero-order chi connectivity index (χ0) is 20.3. The summed E-state index contributed by atoms with van der Waals surface area (Å²) in [5.41, 5.74) is 2.77. The van der Waals surface area contributed by atoms with E-state index < -0.39 is 15.9 Å². The number of hydrogen-bond acceptors (Lipinski definition) is 3. The van der Waals surface area contributed by atoms with Crippen molar-refractivity contribution >= 4 is 38.9 Å². The number of aryl methyl sites for hydroxylation is 2. The van der Waals surface area contributed by atoms with Crippen molar-refractivity contribution in [2.75, 3.05) is 10.0 Å². The number of anilines is 2. The second kappa shape index (κ2) is 8.04. The maximum absolute atomic E-state index is 12.7. The van der Waals surface area contributed by atoms with Crippen molar-refractivity contribution in [2.24, 2.45) is 0 Å². The highest BCUT2D eigenvalue weighted by atomic mass is 35.5. The Morgan fingerprint density at radius 2 is 1.61 bits per heavy atom. The molecule has 3 rings (SSSR count). The number of para-hydroxylation sites is 1. The van der Waals surface area contributed by atoms with E-state index in [2.05, 4.69) is 10.0 Å². The molecule has 7 heteroatoms. The highest BCUT2D eigenvalue weighted by Gasteiger charge is 2.18. The quantitative estimate of drug-likeness (QED) is 0.616. The Kier molecular flexibility index (Phi) is 5.72. The van der Waals surface area contributed by atoms with Crippen molar-refractivity contribution in [3.8, 4) is 0 Å². The van der Waals surface area contributed by atoms with Crippen LogP contribution < -0.4 is 10.0 Å². The molecule has 0 bridgehead atoms. The summed E-state index contributed by atoms with van der Waals surface area (Å²) in [6.45, 7) is 3.74. The van der Waals surface area contributed by atoms with Gasteiger partial charge in [-0.05, 0) is 55.8 Å². The molecule has 0 unspecified atom stereocenters. The first-order valence-electron chi connectivity index (χ1n) is 8.52. The van der Waals surface area contributed by atoms with Crippen LogP contribution in [0.1, 0.15) is 21.5 Å². The van der Waals surface area contributed by atoms with Crippen LogP contribution in [0.25, 0.3) is 0 Å². The van der Waals surface area contributed by atoms with Gasteiger partial charge >= 0.3 is 0 Å². The highest BCUT2D eigenvalue weighted by Crippen LogP contribution is 2.24. The number of amides is 1. The fourth-order valence-electron chi connectivity index (χ4n) is 2.56. The minimum absolute atomic E-state index is 0.124. The van der Waals surface area contributed by atoms with Crippen molar-refractivity contribution in [2.45, 2.75) is 18.7 Å². The molecule has 0 spiro atoms. The first-order chi connectivity index (χ1) is 13.3. The van der Waals surface area contributed by atoms with E-state index in [1.807, 2.05) is 13.8 Å². The summed E-state index contributed by atoms with van der Waals surface area (Å²) in [5.74, 6) is -0.442. The average Bonchev–Trinajstić information content (AvgIpc) is 2.65. The number of carbonyl (C=O) groups is 1. The van der Waals surface area contributed by atoms with E-state index in [0.717, 1.165) is 11.1 Å². The minimum atomic E-state index is -3.82. The van der Waals surface area contributed by atoms with Crippen LogP contribution in [0.2, 0.25) is 5.02 Å². The van der Waals surface area contributed by atoms with Gasteiger partial charge in [0.2, 0.25) is 0 Å². The molecule has 144 valence electrons. The van der Waals surface area contributed by atoms with Gasteiger partial charge in [-0.2, -0.15) is 0 Å². The van der Waals surface area contributed by atoms with Crippen LogP contribution in [0.4, 0.5) is 11.4 Å². The van der Waals surface area contributed by atoms with Crippen molar-refractivity contribution in [3.63, 3.8) is 0 Å². The van der Waals surface area contributed by atoms with E-state index in [0.29, 0.717) is 10.7 Å². The topological polar surface area (TPSA) is 75.3 Å². The fraction of sp³-hybridized carbons (Fsp3) is 0.0952. The smallest absolute Gasteiger partial charge is 0.261 e. The van der Waals surface area contributed by atoms with Gasteiger partial charge in [0, 0.05) is 10.7 Å². The molecular formula is C21H19ClN2O3S. The van der Waals surface area contributed by atoms with Gasteiger partial charge in [-0.15, -0.1) is 0 Å². The molecule has 0 aliphatic rings. The highest BCUT2D eigenvalue weighted by molar-refractivity contribution is 7.92. The third-order valence-corrected chi connectivity index (χ3v) is 5.97. The van der Waals surface area contributed by atoms with Crippen LogP contribution in [0, 0.1) is 13.8 Å². The van der Waals surface area contributed by atoms with Crippen LogP contribution in [-0.4, -0.2) is 14.3 Å². The summed E-state index contributed by atoms with van der Waals surface area (Å²) >= 11 is 6.10. The molecule has 1 amide bonds. The molecule has 0 saturated heterocycles. The summed E-state index contributed by atoms with van der Waals surface area (Å²) in [7, 11) is -3.82. The normalized spacial score (nSPS) is 11.1. The predicted molar refractivity (Wildman–Crippen MR) is 113 cm³/mol. The van der Waals surface area contributed by atoms with E-state index in [1.54, 1.807) is 54.6 Å². The Balaban J connectivity index is 1.87. The van der Waals surface area contributed by atoms with E-state index >= 15 is 0 Å². The lowest BCUT2D eigenvalue weighted by molar-refractivity contribution is 0.102. The lowest BCUT2D eigenvalue weighted by Crippen LogP contribution is -2.18. The van der Waals surface area contributed by atoms with Crippen molar-refractivity contribution in [1.29, 1.82) is 0 Å². The van der Waals surface area contributed by atoms with Gasteiger partial charge < -0.3 is 5.32 Å². The molecule has 0 saturated carbocycles. The molecule has 0 aromatic heterocycles. The van der Waals surface area contributed by atoms with Crippen LogP contribution in [0.3, 0.4) is 0 Å². The van der Waals surface area contributed by atoms with Gasteiger partial charge in [-0.3, -0.25) is 9.52 Å². The SMILES string of the molecule is Cc1ccc(S(=O)(=O)Nc2ccccc2C(=O)Nc2ccc(C)c(Cl)c2)cc1. The third kappa shape index (κ3) is 4.52. The van der Waals surface area contributed by atoms with Gasteiger partial charge in [-0.1, -0.05) is 47.5 Å². The Bertz CT molecular complexity index is 1130. The molecule has 0 aliphatic carbocycles. The molecule has 5 nitrogen and oxygen atoms in total. The van der Waals surface area contributed by atoms with Gasteiger partial charge in [0.25, 0.3) is 15.9 Å². The summed E-state index contributed by atoms with van der Waals surface area (Å²) < 4.78 is 27.8. The van der Waals surface area contributed by atoms with Crippen molar-refractivity contribution in [1.82, 2.24) is 0 Å². The molecule has 3 aromatic rings. The Morgan fingerprint density at radius 1 is 0.929 bits per heavy atom. The zero-order valence-electron chi connectivity index (χ0n) is 15.4. The van der Waals surface area contributed by atoms with Gasteiger partial charge in [-0.25, -0.2) is 8.42 Å². The Labute approximate surface area is 169 Å². The number of rotatable bonds is 5. The van der Waals surface area contributed by atoms with Gasteiger partial charge in [0.05, 0.1) is 16.1 Å². The molecule has 0 heterocycles. The first-order valence-corrected chi connectivity index (χ1v) is 10.4. The van der Waals surface area contributed by atoms with Gasteiger partial charge in [0.1, 0.15) is 0 Å². The lowest BCUT2D eigenvalue weighted by atomic mass is 10.1. The van der Waals surface area contributed by atoms with Crippen molar-refractivity contribution < 1.29 is 13.2 Å². The third-order valence-electron chi connectivity index (χ3n) is 4.18. The standard InChI is InChI=1S/C21H19ClN2O3S/c1-14-7-11-17(12-8-14)28(26,27)24-20-6-4-3-5-18(20)21(25)23-16-10-9-15(2)19(22)13-16/h3-13,24H,1-2H3,(H,23,25). The predicted octanol–water partition coefficient (Wildman–Crippen LogP) is 5.01. The summed E-state index contributed by atoms with van der Waals surface area (Å²) in [4.78, 5) is 12.8. The van der Waals surface area contributed by atoms with E-state index in [1.165, 1.54) is 12.1 Å². The Hall–Kier alpha value is -2.83. The second-order valence-corrected chi connectivity index (χ2v) is 8.47. The van der Waals surface area contributed by atoms with E-state index in [9.17, 15) is 13.2 Å². The first kappa shape index (κ1) is 19.9.